The summed E-state index contributed by atoms with van der Waals surface area (Å²) >= 11 is 5.78. The Morgan fingerprint density at radius 3 is 2.17 bits per heavy atom. The molecule has 0 heterocycles. The number of rotatable bonds is 4. The van der Waals surface area contributed by atoms with E-state index in [2.05, 4.69) is 10.6 Å². The van der Waals surface area contributed by atoms with E-state index >= 15 is 0 Å². The van der Waals surface area contributed by atoms with Gasteiger partial charge in [-0.15, -0.1) is 0 Å². The molecule has 23 heavy (non-hydrogen) atoms. The molecule has 3 rings (SSSR count). The molecule has 6 heteroatoms. The summed E-state index contributed by atoms with van der Waals surface area (Å²) in [4.78, 5) is 24.2. The number of hydrogen-bond acceptors (Lipinski definition) is 2. The number of anilines is 2. The minimum atomic E-state index is -0.421. The molecule has 1 fully saturated rings. The van der Waals surface area contributed by atoms with Crippen molar-refractivity contribution in [3.8, 4) is 0 Å². The van der Waals surface area contributed by atoms with E-state index in [0.29, 0.717) is 22.8 Å². The van der Waals surface area contributed by atoms with Crippen LogP contribution in [0.25, 0.3) is 0 Å². The SMILES string of the molecule is O=C(Nc1ccc(Cl)cc1)C1CC1C(=O)Nc1cccc(F)c1. The fourth-order valence-electron chi connectivity index (χ4n) is 2.34. The minimum absolute atomic E-state index is 0.202. The minimum Gasteiger partial charge on any atom is -0.326 e. The molecule has 1 aliphatic carbocycles. The quantitative estimate of drug-likeness (QED) is 0.897. The number of carbonyl (C=O) groups excluding carboxylic acids is 2. The Kier molecular flexibility index (Phi) is 4.30. The van der Waals surface area contributed by atoms with Crippen LogP contribution in [0.3, 0.4) is 0 Å². The van der Waals surface area contributed by atoms with Gasteiger partial charge in [-0.25, -0.2) is 4.39 Å². The lowest BCUT2D eigenvalue weighted by atomic mass is 10.2. The van der Waals surface area contributed by atoms with Crippen LogP contribution in [0.1, 0.15) is 6.42 Å². The monoisotopic (exact) mass is 332 g/mol. The molecule has 0 bridgehead atoms. The van der Waals surface area contributed by atoms with Gasteiger partial charge in [0.1, 0.15) is 5.82 Å². The highest BCUT2D eigenvalue weighted by atomic mass is 35.5. The first-order valence-electron chi connectivity index (χ1n) is 7.16. The van der Waals surface area contributed by atoms with Crippen molar-refractivity contribution in [3.05, 3.63) is 59.4 Å². The van der Waals surface area contributed by atoms with Crippen molar-refractivity contribution in [1.82, 2.24) is 0 Å². The predicted octanol–water partition coefficient (Wildman–Crippen LogP) is 3.69. The molecule has 2 N–H and O–H groups in total. The van der Waals surface area contributed by atoms with Crippen LogP contribution in [0.4, 0.5) is 15.8 Å². The van der Waals surface area contributed by atoms with Gasteiger partial charge < -0.3 is 10.6 Å². The fraction of sp³-hybridized carbons (Fsp3) is 0.176. The number of amides is 2. The van der Waals surface area contributed by atoms with E-state index in [4.69, 9.17) is 11.6 Å². The number of halogens is 2. The summed E-state index contributed by atoms with van der Waals surface area (Å²) in [5.41, 5.74) is 1.02. The summed E-state index contributed by atoms with van der Waals surface area (Å²) in [6.07, 6.45) is 0.487. The second kappa shape index (κ2) is 6.38. The summed E-state index contributed by atoms with van der Waals surface area (Å²) in [5, 5.41) is 5.96. The Morgan fingerprint density at radius 1 is 0.957 bits per heavy atom. The zero-order valence-corrected chi connectivity index (χ0v) is 12.8. The molecule has 0 spiro atoms. The van der Waals surface area contributed by atoms with Gasteiger partial charge in [0.2, 0.25) is 11.8 Å². The third-order valence-corrected chi connectivity index (χ3v) is 3.92. The predicted molar refractivity (Wildman–Crippen MR) is 86.7 cm³/mol. The van der Waals surface area contributed by atoms with Crippen LogP contribution in [-0.4, -0.2) is 11.8 Å². The van der Waals surface area contributed by atoms with Gasteiger partial charge in [-0.3, -0.25) is 9.59 Å². The molecule has 118 valence electrons. The molecule has 0 aromatic heterocycles. The van der Waals surface area contributed by atoms with Gasteiger partial charge in [-0.2, -0.15) is 0 Å². The molecule has 2 atom stereocenters. The molecule has 1 saturated carbocycles. The maximum atomic E-state index is 13.1. The fourth-order valence-corrected chi connectivity index (χ4v) is 2.47. The number of hydrogen-bond donors (Lipinski definition) is 2. The highest BCUT2D eigenvalue weighted by Crippen LogP contribution is 2.40. The number of carbonyl (C=O) groups is 2. The van der Waals surface area contributed by atoms with Crippen molar-refractivity contribution in [2.24, 2.45) is 11.8 Å². The van der Waals surface area contributed by atoms with Gasteiger partial charge in [-0.1, -0.05) is 17.7 Å². The van der Waals surface area contributed by atoms with Crippen LogP contribution in [-0.2, 0) is 9.59 Å². The van der Waals surface area contributed by atoms with E-state index < -0.39 is 5.82 Å². The molecular formula is C17H14ClFN2O2. The lowest BCUT2D eigenvalue weighted by molar-refractivity contribution is -0.122. The first-order chi connectivity index (χ1) is 11.0. The molecule has 2 aromatic rings. The Hall–Kier alpha value is -2.40. The highest BCUT2D eigenvalue weighted by molar-refractivity contribution is 6.30. The van der Waals surface area contributed by atoms with Crippen LogP contribution in [0.2, 0.25) is 5.02 Å². The first kappa shape index (κ1) is 15.5. The molecule has 0 radical (unpaired) electrons. The molecule has 2 unspecified atom stereocenters. The van der Waals surface area contributed by atoms with Crippen LogP contribution < -0.4 is 10.6 Å². The van der Waals surface area contributed by atoms with Crippen LogP contribution in [0.15, 0.2) is 48.5 Å². The van der Waals surface area contributed by atoms with Crippen molar-refractivity contribution < 1.29 is 14.0 Å². The van der Waals surface area contributed by atoms with Gasteiger partial charge in [0.25, 0.3) is 0 Å². The average molecular weight is 333 g/mol. The maximum Gasteiger partial charge on any atom is 0.228 e. The van der Waals surface area contributed by atoms with Crippen LogP contribution in [0, 0.1) is 17.7 Å². The lowest BCUT2D eigenvalue weighted by Crippen LogP contribution is -2.20. The second-order valence-electron chi connectivity index (χ2n) is 5.44. The molecule has 2 amide bonds. The molecule has 0 saturated heterocycles. The Labute approximate surface area is 137 Å². The lowest BCUT2D eigenvalue weighted by Gasteiger charge is -2.06. The molecule has 1 aliphatic rings. The summed E-state index contributed by atoms with van der Waals surface area (Å²) in [5.74, 6) is -1.64. The molecule has 0 aliphatic heterocycles. The maximum absolute atomic E-state index is 13.1. The first-order valence-corrected chi connectivity index (χ1v) is 7.53. The van der Waals surface area contributed by atoms with Gasteiger partial charge in [0.05, 0.1) is 11.8 Å². The average Bonchev–Trinajstić information content (AvgIpc) is 3.30. The highest BCUT2D eigenvalue weighted by Gasteiger charge is 2.48. The van der Waals surface area contributed by atoms with E-state index in [1.165, 1.54) is 18.2 Å². The summed E-state index contributed by atoms with van der Waals surface area (Å²) < 4.78 is 13.1. The van der Waals surface area contributed by atoms with Crippen LogP contribution >= 0.6 is 11.6 Å². The van der Waals surface area contributed by atoms with Crippen LogP contribution in [0.5, 0.6) is 0 Å². The normalized spacial score (nSPS) is 19.0. The van der Waals surface area contributed by atoms with E-state index in [0.717, 1.165) is 0 Å². The zero-order valence-electron chi connectivity index (χ0n) is 12.1. The van der Waals surface area contributed by atoms with Crippen molar-refractivity contribution >= 4 is 34.8 Å². The van der Waals surface area contributed by atoms with E-state index in [-0.39, 0.29) is 23.7 Å². The smallest absolute Gasteiger partial charge is 0.228 e. The summed E-state index contributed by atoms with van der Waals surface area (Å²) in [7, 11) is 0. The Bertz CT molecular complexity index is 749. The second-order valence-corrected chi connectivity index (χ2v) is 5.88. The van der Waals surface area contributed by atoms with E-state index in [1.54, 1.807) is 30.3 Å². The van der Waals surface area contributed by atoms with Crippen molar-refractivity contribution in [3.63, 3.8) is 0 Å². The van der Waals surface area contributed by atoms with Gasteiger partial charge in [0, 0.05) is 16.4 Å². The third kappa shape index (κ3) is 3.87. The summed E-state index contributed by atoms with van der Waals surface area (Å²) in [6, 6.07) is 12.4. The van der Waals surface area contributed by atoms with Crippen molar-refractivity contribution in [2.45, 2.75) is 6.42 Å². The standard InChI is InChI=1S/C17H14ClFN2O2/c18-10-4-6-12(7-5-10)20-16(22)14-9-15(14)17(23)21-13-3-1-2-11(19)8-13/h1-8,14-15H,9H2,(H,20,22)(H,21,23). The largest absolute Gasteiger partial charge is 0.326 e. The summed E-state index contributed by atoms with van der Waals surface area (Å²) in [6.45, 7) is 0. The Morgan fingerprint density at radius 2 is 1.57 bits per heavy atom. The molecular weight excluding hydrogens is 319 g/mol. The van der Waals surface area contributed by atoms with Gasteiger partial charge >= 0.3 is 0 Å². The Balaban J connectivity index is 1.55. The van der Waals surface area contributed by atoms with Crippen molar-refractivity contribution in [1.29, 1.82) is 0 Å². The number of benzene rings is 2. The third-order valence-electron chi connectivity index (χ3n) is 3.67. The molecule has 2 aromatic carbocycles. The van der Waals surface area contributed by atoms with Gasteiger partial charge in [0.15, 0.2) is 0 Å². The number of nitrogens with one attached hydrogen (secondary N) is 2. The zero-order chi connectivity index (χ0) is 16.4. The van der Waals surface area contributed by atoms with E-state index in [1.807, 2.05) is 0 Å². The molecule has 4 nitrogen and oxygen atoms in total. The van der Waals surface area contributed by atoms with Gasteiger partial charge in [-0.05, 0) is 48.9 Å². The topological polar surface area (TPSA) is 58.2 Å². The van der Waals surface area contributed by atoms with Crippen molar-refractivity contribution in [2.75, 3.05) is 10.6 Å². The van der Waals surface area contributed by atoms with E-state index in [9.17, 15) is 14.0 Å².